The van der Waals surface area contributed by atoms with Gasteiger partial charge < -0.3 is 15.2 Å². The molecule has 7 nitrogen and oxygen atoms in total. The molecule has 3 rings (SSSR count). The van der Waals surface area contributed by atoms with E-state index in [0.29, 0.717) is 33.2 Å². The van der Waals surface area contributed by atoms with Gasteiger partial charge in [0.25, 0.3) is 0 Å². The standard InChI is InChI=1S/C18H20FN5O2S2/c1-3-4-8-14(16(25)21-15-9-11(2)26-24-15)27-18-23-22-17(28-18)20-13-7-5-6-12(19)10-13/h5-7,9-10,14H,3-4,8H2,1-2H3,(H,20,22)(H,21,24,25). The largest absolute Gasteiger partial charge is 0.360 e. The third-order valence-corrected chi connectivity index (χ3v) is 5.91. The van der Waals surface area contributed by atoms with Gasteiger partial charge in [0.15, 0.2) is 10.2 Å². The number of carbonyl (C=O) groups excluding carboxylic acids is 1. The number of anilines is 3. The minimum atomic E-state index is -0.330. The second kappa shape index (κ2) is 9.65. The molecule has 0 spiro atoms. The highest BCUT2D eigenvalue weighted by atomic mass is 32.2. The number of hydrogen-bond donors (Lipinski definition) is 2. The minimum Gasteiger partial charge on any atom is -0.360 e. The van der Waals surface area contributed by atoms with Crippen LogP contribution in [-0.2, 0) is 4.79 Å². The monoisotopic (exact) mass is 421 g/mol. The van der Waals surface area contributed by atoms with Crippen LogP contribution in [0.5, 0.6) is 0 Å². The second-order valence-corrected chi connectivity index (χ2v) is 8.50. The Morgan fingerprint density at radius 2 is 2.21 bits per heavy atom. The topological polar surface area (TPSA) is 92.9 Å². The van der Waals surface area contributed by atoms with Crippen LogP contribution < -0.4 is 10.6 Å². The number of halogens is 1. The van der Waals surface area contributed by atoms with Gasteiger partial charge in [0.1, 0.15) is 11.6 Å². The predicted molar refractivity (Wildman–Crippen MR) is 109 cm³/mol. The summed E-state index contributed by atoms with van der Waals surface area (Å²) in [7, 11) is 0. The van der Waals surface area contributed by atoms with E-state index in [-0.39, 0.29) is 17.0 Å². The summed E-state index contributed by atoms with van der Waals surface area (Å²) >= 11 is 2.67. The lowest BCUT2D eigenvalue weighted by molar-refractivity contribution is -0.115. The summed E-state index contributed by atoms with van der Waals surface area (Å²) in [6.07, 6.45) is 2.60. The van der Waals surface area contributed by atoms with E-state index in [1.54, 1.807) is 25.1 Å². The van der Waals surface area contributed by atoms with Gasteiger partial charge in [-0.3, -0.25) is 4.79 Å². The van der Waals surface area contributed by atoms with Gasteiger partial charge in [-0.15, -0.1) is 10.2 Å². The molecule has 0 aliphatic rings. The van der Waals surface area contributed by atoms with Crippen molar-refractivity contribution in [3.63, 3.8) is 0 Å². The molecule has 1 aromatic carbocycles. The Hall–Kier alpha value is -2.46. The molecule has 2 heterocycles. The summed E-state index contributed by atoms with van der Waals surface area (Å²) in [4.78, 5) is 12.7. The summed E-state index contributed by atoms with van der Waals surface area (Å²) in [6.45, 7) is 3.84. The highest BCUT2D eigenvalue weighted by Gasteiger charge is 2.22. The van der Waals surface area contributed by atoms with Gasteiger partial charge in [-0.05, 0) is 31.5 Å². The highest BCUT2D eigenvalue weighted by Crippen LogP contribution is 2.33. The number of carbonyl (C=O) groups is 1. The summed E-state index contributed by atoms with van der Waals surface area (Å²) in [5, 5.41) is 18.0. The molecule has 0 aliphatic carbocycles. The fraction of sp³-hybridized carbons (Fsp3) is 0.333. The number of nitrogens with one attached hydrogen (secondary N) is 2. The van der Waals surface area contributed by atoms with E-state index in [9.17, 15) is 9.18 Å². The van der Waals surface area contributed by atoms with Crippen LogP contribution in [0.3, 0.4) is 0 Å². The van der Waals surface area contributed by atoms with E-state index < -0.39 is 0 Å². The van der Waals surface area contributed by atoms with Crippen LogP contribution in [0.2, 0.25) is 0 Å². The van der Waals surface area contributed by atoms with Crippen molar-refractivity contribution in [2.75, 3.05) is 10.6 Å². The lowest BCUT2D eigenvalue weighted by atomic mass is 10.2. The predicted octanol–water partition coefficient (Wildman–Crippen LogP) is 5.01. The lowest BCUT2D eigenvalue weighted by Crippen LogP contribution is -2.25. The molecule has 0 saturated carbocycles. The van der Waals surface area contributed by atoms with Crippen molar-refractivity contribution in [1.29, 1.82) is 0 Å². The third-order valence-electron chi connectivity index (χ3n) is 3.72. The van der Waals surface area contributed by atoms with Crippen LogP contribution in [0.15, 0.2) is 39.2 Å². The second-order valence-electron chi connectivity index (χ2n) is 6.07. The maximum absolute atomic E-state index is 13.3. The number of rotatable bonds is 9. The number of amides is 1. The van der Waals surface area contributed by atoms with E-state index in [1.807, 2.05) is 0 Å². The Morgan fingerprint density at radius 1 is 1.36 bits per heavy atom. The Kier molecular flexibility index (Phi) is 6.99. The molecule has 2 N–H and O–H groups in total. The molecule has 0 fully saturated rings. The Balaban J connectivity index is 1.65. The quantitative estimate of drug-likeness (QED) is 0.469. The Morgan fingerprint density at radius 3 is 2.93 bits per heavy atom. The zero-order valence-electron chi connectivity index (χ0n) is 15.4. The van der Waals surface area contributed by atoms with Crippen molar-refractivity contribution in [1.82, 2.24) is 15.4 Å². The van der Waals surface area contributed by atoms with Crippen molar-refractivity contribution in [2.24, 2.45) is 0 Å². The van der Waals surface area contributed by atoms with Crippen LogP contribution in [0.4, 0.5) is 21.0 Å². The van der Waals surface area contributed by atoms with Crippen molar-refractivity contribution in [3.05, 3.63) is 41.9 Å². The Labute approximate surface area is 170 Å². The van der Waals surface area contributed by atoms with Crippen LogP contribution in [-0.4, -0.2) is 26.5 Å². The first-order valence-corrected chi connectivity index (χ1v) is 10.5. The molecule has 1 atom stereocenters. The molecule has 3 aromatic rings. The van der Waals surface area contributed by atoms with E-state index in [0.717, 1.165) is 12.8 Å². The number of hydrogen-bond acceptors (Lipinski definition) is 8. The van der Waals surface area contributed by atoms with Crippen LogP contribution in [0.25, 0.3) is 0 Å². The number of benzene rings is 1. The smallest absolute Gasteiger partial charge is 0.239 e. The number of aryl methyl sites for hydroxylation is 1. The van der Waals surface area contributed by atoms with E-state index >= 15 is 0 Å². The molecule has 1 amide bonds. The molecule has 0 radical (unpaired) electrons. The molecule has 10 heteroatoms. The van der Waals surface area contributed by atoms with Crippen LogP contribution in [0.1, 0.15) is 31.9 Å². The molecule has 1 unspecified atom stereocenters. The van der Waals surface area contributed by atoms with Gasteiger partial charge in [0.2, 0.25) is 11.0 Å². The third kappa shape index (κ3) is 5.77. The average Bonchev–Trinajstić information content (AvgIpc) is 3.27. The summed E-state index contributed by atoms with van der Waals surface area (Å²) in [5.74, 6) is 0.547. The molecule has 2 aromatic heterocycles. The maximum Gasteiger partial charge on any atom is 0.239 e. The number of unbranched alkanes of at least 4 members (excludes halogenated alkanes) is 1. The minimum absolute atomic E-state index is 0.151. The molecular formula is C18H20FN5O2S2. The maximum atomic E-state index is 13.3. The molecule has 0 saturated heterocycles. The summed E-state index contributed by atoms with van der Waals surface area (Å²) in [5.41, 5.74) is 0.592. The van der Waals surface area contributed by atoms with E-state index in [4.69, 9.17) is 4.52 Å². The van der Waals surface area contributed by atoms with Gasteiger partial charge in [-0.2, -0.15) is 0 Å². The summed E-state index contributed by atoms with van der Waals surface area (Å²) < 4.78 is 18.9. The fourth-order valence-electron chi connectivity index (χ4n) is 2.38. The van der Waals surface area contributed by atoms with E-state index in [1.165, 1.54) is 35.2 Å². The van der Waals surface area contributed by atoms with Crippen molar-refractivity contribution >= 4 is 45.6 Å². The van der Waals surface area contributed by atoms with E-state index in [2.05, 4.69) is 32.9 Å². The zero-order valence-corrected chi connectivity index (χ0v) is 17.1. The zero-order chi connectivity index (χ0) is 19.9. The number of thioether (sulfide) groups is 1. The average molecular weight is 422 g/mol. The molecule has 148 valence electrons. The lowest BCUT2D eigenvalue weighted by Gasteiger charge is -2.13. The summed E-state index contributed by atoms with van der Waals surface area (Å²) in [6, 6.07) is 7.79. The van der Waals surface area contributed by atoms with Crippen molar-refractivity contribution in [3.8, 4) is 0 Å². The fourth-order valence-corrected chi connectivity index (χ4v) is 4.44. The first-order chi connectivity index (χ1) is 13.5. The van der Waals surface area contributed by atoms with Crippen LogP contribution >= 0.6 is 23.1 Å². The first-order valence-electron chi connectivity index (χ1n) is 8.80. The van der Waals surface area contributed by atoms with Gasteiger partial charge in [0, 0.05) is 11.8 Å². The molecule has 28 heavy (non-hydrogen) atoms. The van der Waals surface area contributed by atoms with Crippen molar-refractivity contribution < 1.29 is 13.7 Å². The van der Waals surface area contributed by atoms with Gasteiger partial charge >= 0.3 is 0 Å². The molecule has 0 aliphatic heterocycles. The van der Waals surface area contributed by atoms with Gasteiger partial charge in [-0.25, -0.2) is 4.39 Å². The number of nitrogens with zero attached hydrogens (tertiary/aromatic N) is 3. The van der Waals surface area contributed by atoms with Crippen molar-refractivity contribution in [2.45, 2.75) is 42.7 Å². The number of aromatic nitrogens is 3. The SMILES string of the molecule is CCCCC(Sc1nnc(Nc2cccc(F)c2)s1)C(=O)Nc1cc(C)on1. The molecule has 0 bridgehead atoms. The first kappa shape index (κ1) is 20.3. The van der Waals surface area contributed by atoms with Gasteiger partial charge in [0.05, 0.1) is 5.25 Å². The normalized spacial score (nSPS) is 12.0. The van der Waals surface area contributed by atoms with Crippen LogP contribution in [0, 0.1) is 12.7 Å². The molecular weight excluding hydrogens is 401 g/mol. The Bertz CT molecular complexity index is 930. The highest BCUT2D eigenvalue weighted by molar-refractivity contribution is 8.02. The van der Waals surface area contributed by atoms with Gasteiger partial charge in [-0.1, -0.05) is 54.1 Å².